The first-order chi connectivity index (χ1) is 13.6. The van der Waals surface area contributed by atoms with E-state index in [0.29, 0.717) is 23.7 Å². The Bertz CT molecular complexity index is 970. The van der Waals surface area contributed by atoms with Crippen LogP contribution in [0.15, 0.2) is 66.7 Å². The topological polar surface area (TPSA) is 76.7 Å². The first-order valence-corrected chi connectivity index (χ1v) is 9.05. The molecule has 0 unspecified atom stereocenters. The molecule has 0 aliphatic rings. The summed E-state index contributed by atoms with van der Waals surface area (Å²) in [4.78, 5) is 24.4. The van der Waals surface area contributed by atoms with Crippen LogP contribution in [0.5, 0.6) is 11.5 Å². The lowest BCUT2D eigenvalue weighted by atomic mass is 10.1. The predicted octanol–water partition coefficient (Wildman–Crippen LogP) is 3.47. The molecule has 0 saturated carbocycles. The fourth-order valence-electron chi connectivity index (χ4n) is 2.66. The number of hydrazine groups is 1. The number of rotatable bonds is 6. The van der Waals surface area contributed by atoms with Gasteiger partial charge in [-0.05, 0) is 61.0 Å². The molecule has 6 nitrogen and oxygen atoms in total. The Hall–Kier alpha value is -3.54. The van der Waals surface area contributed by atoms with E-state index in [1.54, 1.807) is 31.2 Å². The number of ether oxygens (including phenoxy) is 2. The standard InChI is InChI=1S/C22H22N2O4/c1-3-27-19-11-9-17(10-12-19)22(26)24-23-21(25)15(2)28-20-13-8-16-6-4-5-7-18(16)14-20/h4-15H,3H2,1-2H3,(H,23,25)(H,24,26)/t15-/m1/s1. The third-order valence-electron chi connectivity index (χ3n) is 4.13. The molecule has 0 radical (unpaired) electrons. The van der Waals surface area contributed by atoms with Crippen LogP contribution in [0.2, 0.25) is 0 Å². The second-order valence-corrected chi connectivity index (χ2v) is 6.17. The molecule has 0 bridgehead atoms. The van der Waals surface area contributed by atoms with Gasteiger partial charge in [0.1, 0.15) is 11.5 Å². The minimum absolute atomic E-state index is 0.409. The summed E-state index contributed by atoms with van der Waals surface area (Å²) in [6, 6.07) is 20.2. The van der Waals surface area contributed by atoms with Gasteiger partial charge in [0.15, 0.2) is 6.10 Å². The van der Waals surface area contributed by atoms with E-state index in [1.807, 2.05) is 49.4 Å². The lowest BCUT2D eigenvalue weighted by Crippen LogP contribution is -2.47. The van der Waals surface area contributed by atoms with Crippen LogP contribution in [0.4, 0.5) is 0 Å². The molecule has 0 aliphatic carbocycles. The maximum absolute atomic E-state index is 12.2. The average molecular weight is 378 g/mol. The van der Waals surface area contributed by atoms with E-state index in [4.69, 9.17) is 9.47 Å². The number of nitrogens with one attached hydrogen (secondary N) is 2. The Morgan fingerprint density at radius 2 is 1.57 bits per heavy atom. The van der Waals surface area contributed by atoms with E-state index >= 15 is 0 Å². The van der Waals surface area contributed by atoms with Crippen LogP contribution in [0.25, 0.3) is 10.8 Å². The zero-order chi connectivity index (χ0) is 19.9. The molecule has 0 saturated heterocycles. The van der Waals surface area contributed by atoms with Gasteiger partial charge in [-0.1, -0.05) is 30.3 Å². The molecule has 0 spiro atoms. The third kappa shape index (κ3) is 4.79. The number of benzene rings is 3. The summed E-state index contributed by atoms with van der Waals surface area (Å²) >= 11 is 0. The molecule has 3 aromatic rings. The molecule has 3 rings (SSSR count). The molecule has 28 heavy (non-hydrogen) atoms. The van der Waals surface area contributed by atoms with Crippen LogP contribution in [-0.4, -0.2) is 24.5 Å². The fourth-order valence-corrected chi connectivity index (χ4v) is 2.66. The lowest BCUT2D eigenvalue weighted by Gasteiger charge is -2.15. The zero-order valence-corrected chi connectivity index (χ0v) is 15.8. The van der Waals surface area contributed by atoms with Gasteiger partial charge in [0.05, 0.1) is 6.61 Å². The highest BCUT2D eigenvalue weighted by atomic mass is 16.5. The highest BCUT2D eigenvalue weighted by Crippen LogP contribution is 2.21. The van der Waals surface area contributed by atoms with Gasteiger partial charge < -0.3 is 9.47 Å². The minimum Gasteiger partial charge on any atom is -0.494 e. The molecular formula is C22H22N2O4. The molecule has 144 valence electrons. The van der Waals surface area contributed by atoms with Gasteiger partial charge in [0, 0.05) is 5.56 Å². The van der Waals surface area contributed by atoms with Gasteiger partial charge in [-0.2, -0.15) is 0 Å². The summed E-state index contributed by atoms with van der Waals surface area (Å²) in [7, 11) is 0. The van der Waals surface area contributed by atoms with Crippen molar-refractivity contribution in [3.8, 4) is 11.5 Å². The maximum atomic E-state index is 12.2. The molecule has 6 heteroatoms. The summed E-state index contributed by atoms with van der Waals surface area (Å²) in [5, 5.41) is 2.12. The molecule has 0 fully saturated rings. The van der Waals surface area contributed by atoms with Crippen molar-refractivity contribution in [2.24, 2.45) is 0 Å². The van der Waals surface area contributed by atoms with Gasteiger partial charge >= 0.3 is 0 Å². The van der Waals surface area contributed by atoms with Crippen molar-refractivity contribution < 1.29 is 19.1 Å². The first-order valence-electron chi connectivity index (χ1n) is 9.05. The highest BCUT2D eigenvalue weighted by Gasteiger charge is 2.16. The fraction of sp³-hybridized carbons (Fsp3) is 0.182. The lowest BCUT2D eigenvalue weighted by molar-refractivity contribution is -0.128. The van der Waals surface area contributed by atoms with Crippen LogP contribution >= 0.6 is 0 Å². The number of carbonyl (C=O) groups excluding carboxylic acids is 2. The van der Waals surface area contributed by atoms with E-state index in [1.165, 1.54) is 0 Å². The molecule has 0 aromatic heterocycles. The average Bonchev–Trinajstić information content (AvgIpc) is 2.72. The molecule has 1 atom stereocenters. The highest BCUT2D eigenvalue weighted by molar-refractivity contribution is 5.95. The number of amides is 2. The molecule has 3 aromatic carbocycles. The molecule has 2 N–H and O–H groups in total. The summed E-state index contributed by atoms with van der Waals surface area (Å²) in [6.07, 6.45) is -0.776. The van der Waals surface area contributed by atoms with E-state index in [2.05, 4.69) is 10.9 Å². The van der Waals surface area contributed by atoms with Crippen molar-refractivity contribution in [1.29, 1.82) is 0 Å². The van der Waals surface area contributed by atoms with Crippen LogP contribution in [0.3, 0.4) is 0 Å². The van der Waals surface area contributed by atoms with Crippen molar-refractivity contribution in [2.45, 2.75) is 20.0 Å². The van der Waals surface area contributed by atoms with Crippen molar-refractivity contribution in [1.82, 2.24) is 10.9 Å². The molecule has 0 heterocycles. The first kappa shape index (κ1) is 19.2. The van der Waals surface area contributed by atoms with Crippen LogP contribution in [-0.2, 0) is 4.79 Å². The summed E-state index contributed by atoms with van der Waals surface area (Å²) in [6.45, 7) is 4.06. The molecule has 0 aliphatic heterocycles. The van der Waals surface area contributed by atoms with Crippen molar-refractivity contribution in [3.05, 3.63) is 72.3 Å². The number of hydrogen-bond acceptors (Lipinski definition) is 4. The SMILES string of the molecule is CCOc1ccc(C(=O)NNC(=O)[C@@H](C)Oc2ccc3ccccc3c2)cc1. The Labute approximate surface area is 163 Å². The van der Waals surface area contributed by atoms with E-state index < -0.39 is 17.9 Å². The minimum atomic E-state index is -0.776. The number of hydrogen-bond donors (Lipinski definition) is 2. The van der Waals surface area contributed by atoms with E-state index in [0.717, 1.165) is 10.8 Å². The van der Waals surface area contributed by atoms with Crippen LogP contribution in [0, 0.1) is 0 Å². The Balaban J connectivity index is 1.53. The second kappa shape index (κ2) is 8.90. The zero-order valence-electron chi connectivity index (χ0n) is 15.8. The Morgan fingerprint density at radius 3 is 2.29 bits per heavy atom. The summed E-state index contributed by atoms with van der Waals surface area (Å²) < 4.78 is 11.0. The predicted molar refractivity (Wildman–Crippen MR) is 107 cm³/mol. The number of fused-ring (bicyclic) bond motifs is 1. The number of carbonyl (C=O) groups is 2. The smallest absolute Gasteiger partial charge is 0.279 e. The van der Waals surface area contributed by atoms with Gasteiger partial charge in [-0.25, -0.2) is 0 Å². The molecular weight excluding hydrogens is 356 g/mol. The third-order valence-corrected chi connectivity index (χ3v) is 4.13. The van der Waals surface area contributed by atoms with E-state index in [-0.39, 0.29) is 0 Å². The Morgan fingerprint density at radius 1 is 0.893 bits per heavy atom. The Kier molecular flexibility index (Phi) is 6.11. The summed E-state index contributed by atoms with van der Waals surface area (Å²) in [5.74, 6) is 0.390. The van der Waals surface area contributed by atoms with Crippen molar-refractivity contribution in [3.63, 3.8) is 0 Å². The van der Waals surface area contributed by atoms with Crippen LogP contribution < -0.4 is 20.3 Å². The van der Waals surface area contributed by atoms with Gasteiger partial charge in [0.25, 0.3) is 11.8 Å². The molecule has 2 amide bonds. The van der Waals surface area contributed by atoms with Crippen LogP contribution in [0.1, 0.15) is 24.2 Å². The van der Waals surface area contributed by atoms with E-state index in [9.17, 15) is 9.59 Å². The van der Waals surface area contributed by atoms with Gasteiger partial charge in [0.2, 0.25) is 0 Å². The van der Waals surface area contributed by atoms with Gasteiger partial charge in [-0.15, -0.1) is 0 Å². The largest absolute Gasteiger partial charge is 0.494 e. The van der Waals surface area contributed by atoms with Crippen molar-refractivity contribution in [2.75, 3.05) is 6.61 Å². The maximum Gasteiger partial charge on any atom is 0.279 e. The van der Waals surface area contributed by atoms with Crippen molar-refractivity contribution >= 4 is 22.6 Å². The monoisotopic (exact) mass is 378 g/mol. The second-order valence-electron chi connectivity index (χ2n) is 6.17. The summed E-state index contributed by atoms with van der Waals surface area (Å²) in [5.41, 5.74) is 5.18. The quantitative estimate of drug-likeness (QED) is 0.644. The van der Waals surface area contributed by atoms with Gasteiger partial charge in [-0.3, -0.25) is 20.4 Å². The normalized spacial score (nSPS) is 11.5.